The molecule has 0 N–H and O–H groups in total. The van der Waals surface area contributed by atoms with Crippen LogP contribution < -0.4 is 0 Å². The van der Waals surface area contributed by atoms with Crippen LogP contribution in [0.3, 0.4) is 0 Å². The average Bonchev–Trinajstić information content (AvgIpc) is 3.53. The fourth-order valence-corrected chi connectivity index (χ4v) is 4.23. The number of azide groups is 1. The van der Waals surface area contributed by atoms with Crippen molar-refractivity contribution in [2.24, 2.45) is 5.11 Å². The second-order valence-electron chi connectivity index (χ2n) is 8.99. The summed E-state index contributed by atoms with van der Waals surface area (Å²) in [7, 11) is 0. The molecular formula is C27H24N6O5. The predicted molar refractivity (Wildman–Crippen MR) is 137 cm³/mol. The Morgan fingerprint density at radius 1 is 1.05 bits per heavy atom. The monoisotopic (exact) mass is 512 g/mol. The SMILES string of the molecule is Cc1ccc(C(=O)OC[C@H]2O[C@@H](n3ncc4c(N=[N+]=[N-])ccnc43)C[C@@H]2OC(=O)c2ccc(C)cc2)cc1. The Balaban J connectivity index is 1.38. The number of aromatic nitrogens is 3. The number of carbonyl (C=O) groups excluding carboxylic acids is 2. The van der Waals surface area contributed by atoms with Crippen molar-refractivity contribution < 1.29 is 23.8 Å². The molecule has 0 unspecified atom stereocenters. The Morgan fingerprint density at radius 3 is 2.37 bits per heavy atom. The van der Waals surface area contributed by atoms with Crippen molar-refractivity contribution in [1.29, 1.82) is 0 Å². The molecule has 0 amide bonds. The number of carbonyl (C=O) groups is 2. The predicted octanol–water partition coefficient (Wildman–Crippen LogP) is 5.36. The quantitative estimate of drug-likeness (QED) is 0.140. The fraction of sp³-hybridized carbons (Fsp3) is 0.259. The third-order valence-electron chi connectivity index (χ3n) is 6.29. The van der Waals surface area contributed by atoms with E-state index < -0.39 is 30.4 Å². The number of fused-ring (bicyclic) bond motifs is 1. The molecule has 3 atom stereocenters. The van der Waals surface area contributed by atoms with Gasteiger partial charge in [-0.2, -0.15) is 5.10 Å². The van der Waals surface area contributed by atoms with E-state index in [0.29, 0.717) is 27.8 Å². The molecule has 4 aromatic rings. The first-order chi connectivity index (χ1) is 18.4. The largest absolute Gasteiger partial charge is 0.459 e. The maximum Gasteiger partial charge on any atom is 0.338 e. The highest BCUT2D eigenvalue weighted by Gasteiger charge is 2.41. The van der Waals surface area contributed by atoms with Crippen LogP contribution in [0.25, 0.3) is 21.5 Å². The van der Waals surface area contributed by atoms with Gasteiger partial charge in [-0.1, -0.05) is 40.5 Å². The van der Waals surface area contributed by atoms with Gasteiger partial charge in [0.05, 0.1) is 23.0 Å². The summed E-state index contributed by atoms with van der Waals surface area (Å²) in [6, 6.07) is 15.7. The molecule has 0 spiro atoms. The summed E-state index contributed by atoms with van der Waals surface area (Å²) in [5.74, 6) is -1.02. The maximum absolute atomic E-state index is 12.9. The Hall–Kier alpha value is -4.73. The number of hydrogen-bond acceptors (Lipinski definition) is 8. The van der Waals surface area contributed by atoms with Gasteiger partial charge in [0.15, 0.2) is 11.9 Å². The number of nitrogens with zero attached hydrogens (tertiary/aromatic N) is 6. The fourth-order valence-electron chi connectivity index (χ4n) is 4.23. The lowest BCUT2D eigenvalue weighted by Gasteiger charge is -2.19. The normalized spacial score (nSPS) is 18.6. The zero-order chi connectivity index (χ0) is 26.6. The molecular weight excluding hydrogens is 488 g/mol. The highest BCUT2D eigenvalue weighted by molar-refractivity contribution is 5.90. The molecule has 1 fully saturated rings. The van der Waals surface area contributed by atoms with Crippen molar-refractivity contribution in [3.8, 4) is 0 Å². The van der Waals surface area contributed by atoms with Gasteiger partial charge in [0.2, 0.25) is 0 Å². The van der Waals surface area contributed by atoms with Gasteiger partial charge in [-0.25, -0.2) is 19.3 Å². The summed E-state index contributed by atoms with van der Waals surface area (Å²) in [5, 5.41) is 8.62. The van der Waals surface area contributed by atoms with Crippen LogP contribution in [0.15, 0.2) is 72.1 Å². The minimum Gasteiger partial charge on any atom is -0.459 e. The van der Waals surface area contributed by atoms with Crippen molar-refractivity contribution in [2.45, 2.75) is 38.7 Å². The van der Waals surface area contributed by atoms with E-state index in [1.165, 1.54) is 12.4 Å². The van der Waals surface area contributed by atoms with E-state index in [1.807, 2.05) is 38.1 Å². The van der Waals surface area contributed by atoms with Crippen LogP contribution >= 0.6 is 0 Å². The lowest BCUT2D eigenvalue weighted by Crippen LogP contribution is -2.32. The maximum atomic E-state index is 12.9. The van der Waals surface area contributed by atoms with E-state index in [4.69, 9.17) is 19.7 Å². The van der Waals surface area contributed by atoms with E-state index in [-0.39, 0.29) is 13.0 Å². The first-order valence-electron chi connectivity index (χ1n) is 12.0. The zero-order valence-corrected chi connectivity index (χ0v) is 20.7. The second kappa shape index (κ2) is 10.7. The molecule has 192 valence electrons. The van der Waals surface area contributed by atoms with Crippen LogP contribution in [0.1, 0.15) is 44.5 Å². The average molecular weight is 513 g/mol. The molecule has 2 aromatic heterocycles. The molecule has 3 heterocycles. The number of esters is 2. The van der Waals surface area contributed by atoms with Crippen LogP contribution in [-0.2, 0) is 14.2 Å². The van der Waals surface area contributed by atoms with Gasteiger partial charge in [0.25, 0.3) is 0 Å². The first kappa shape index (κ1) is 24.9. The molecule has 0 saturated carbocycles. The van der Waals surface area contributed by atoms with Gasteiger partial charge >= 0.3 is 11.9 Å². The molecule has 38 heavy (non-hydrogen) atoms. The van der Waals surface area contributed by atoms with Gasteiger partial charge in [-0.15, -0.1) is 0 Å². The number of rotatable bonds is 7. The molecule has 1 aliphatic heterocycles. The lowest BCUT2D eigenvalue weighted by atomic mass is 10.1. The Bertz CT molecular complexity index is 1530. The molecule has 5 rings (SSSR count). The van der Waals surface area contributed by atoms with Crippen molar-refractivity contribution in [3.63, 3.8) is 0 Å². The minimum absolute atomic E-state index is 0.133. The van der Waals surface area contributed by atoms with E-state index in [2.05, 4.69) is 20.1 Å². The highest BCUT2D eigenvalue weighted by Crippen LogP contribution is 2.34. The van der Waals surface area contributed by atoms with Gasteiger partial charge in [0, 0.05) is 22.9 Å². The molecule has 1 aliphatic rings. The van der Waals surface area contributed by atoms with Crippen molar-refractivity contribution in [2.75, 3.05) is 6.61 Å². The molecule has 0 bridgehead atoms. The number of aryl methyl sites for hydroxylation is 2. The summed E-state index contributed by atoms with van der Waals surface area (Å²) in [6.45, 7) is 3.72. The van der Waals surface area contributed by atoms with Crippen LogP contribution in [0, 0.1) is 13.8 Å². The Kier molecular flexibility index (Phi) is 7.03. The Labute approximate surface area is 217 Å². The smallest absolute Gasteiger partial charge is 0.338 e. The van der Waals surface area contributed by atoms with Crippen molar-refractivity contribution in [1.82, 2.24) is 14.8 Å². The number of pyridine rings is 1. The number of hydrogen-bond donors (Lipinski definition) is 0. The van der Waals surface area contributed by atoms with E-state index in [0.717, 1.165) is 11.1 Å². The summed E-state index contributed by atoms with van der Waals surface area (Å²) in [6.07, 6.45) is 1.15. The van der Waals surface area contributed by atoms with E-state index >= 15 is 0 Å². The molecule has 0 aliphatic carbocycles. The summed E-state index contributed by atoms with van der Waals surface area (Å²) >= 11 is 0. The highest BCUT2D eigenvalue weighted by atomic mass is 16.6. The first-order valence-corrected chi connectivity index (χ1v) is 12.0. The van der Waals surface area contributed by atoms with E-state index in [1.54, 1.807) is 35.0 Å². The molecule has 11 heteroatoms. The second-order valence-corrected chi connectivity index (χ2v) is 8.99. The topological polar surface area (TPSA) is 141 Å². The van der Waals surface area contributed by atoms with Crippen LogP contribution in [0.5, 0.6) is 0 Å². The molecule has 1 saturated heterocycles. The Morgan fingerprint density at radius 2 is 1.71 bits per heavy atom. The zero-order valence-electron chi connectivity index (χ0n) is 20.7. The minimum atomic E-state index is -0.747. The third kappa shape index (κ3) is 5.19. The molecule has 0 radical (unpaired) electrons. The standard InChI is InChI=1S/C27H24N6O5/c1-16-3-7-18(8-4-16)26(34)36-15-23-22(38-27(35)19-9-5-17(2)6-10-19)13-24(37-23)33-25-20(14-30-33)21(31-32-28)11-12-29-25/h3-12,14,22-24H,13,15H2,1-2H3/t22-,23+,24+/m0/s1. The van der Waals surface area contributed by atoms with Gasteiger partial charge in [-0.3, -0.25) is 0 Å². The van der Waals surface area contributed by atoms with Gasteiger partial charge < -0.3 is 14.2 Å². The lowest BCUT2D eigenvalue weighted by molar-refractivity contribution is -0.0590. The van der Waals surface area contributed by atoms with Crippen molar-refractivity contribution >= 4 is 28.7 Å². The molecule has 2 aromatic carbocycles. The number of ether oxygens (including phenoxy) is 3. The summed E-state index contributed by atoms with van der Waals surface area (Å²) in [5.41, 5.74) is 12.5. The van der Waals surface area contributed by atoms with Crippen LogP contribution in [0.4, 0.5) is 5.69 Å². The van der Waals surface area contributed by atoms with Crippen LogP contribution in [0.2, 0.25) is 0 Å². The van der Waals surface area contributed by atoms with E-state index in [9.17, 15) is 9.59 Å². The number of benzene rings is 2. The van der Waals surface area contributed by atoms with Crippen LogP contribution in [-0.4, -0.2) is 45.5 Å². The summed E-state index contributed by atoms with van der Waals surface area (Å²) < 4.78 is 19.1. The van der Waals surface area contributed by atoms with Gasteiger partial charge in [0.1, 0.15) is 18.8 Å². The summed E-state index contributed by atoms with van der Waals surface area (Å²) in [4.78, 5) is 32.7. The third-order valence-corrected chi connectivity index (χ3v) is 6.29. The van der Waals surface area contributed by atoms with Gasteiger partial charge in [-0.05, 0) is 49.7 Å². The van der Waals surface area contributed by atoms with Crippen molar-refractivity contribution in [3.05, 3.63) is 99.7 Å². The molecule has 11 nitrogen and oxygen atoms in total.